The summed E-state index contributed by atoms with van der Waals surface area (Å²) < 4.78 is 38.4. The van der Waals surface area contributed by atoms with E-state index in [1.165, 1.54) is 6.07 Å². The minimum absolute atomic E-state index is 0.531. The molecule has 2 aromatic rings. The molecule has 0 aliphatic rings. The van der Waals surface area contributed by atoms with Gasteiger partial charge >= 0.3 is 6.18 Å². The van der Waals surface area contributed by atoms with Gasteiger partial charge < -0.3 is 5.73 Å². The summed E-state index contributed by atoms with van der Waals surface area (Å²) in [6.45, 7) is 0.652. The summed E-state index contributed by atoms with van der Waals surface area (Å²) >= 11 is 0.796. The zero-order valence-corrected chi connectivity index (χ0v) is 10.6. The van der Waals surface area contributed by atoms with Crippen molar-refractivity contribution in [1.82, 2.24) is 0 Å². The molecule has 0 aliphatic carbocycles. The van der Waals surface area contributed by atoms with Gasteiger partial charge in [-0.2, -0.15) is 13.2 Å². The highest BCUT2D eigenvalue weighted by Gasteiger charge is 2.32. The average molecular weight is 273 g/mol. The molecule has 0 atom stereocenters. The molecule has 0 fully saturated rings. The molecule has 1 heterocycles. The second kappa shape index (κ2) is 5.28. The predicted octanol–water partition coefficient (Wildman–Crippen LogP) is 4.20. The van der Waals surface area contributed by atoms with Crippen LogP contribution in [0.2, 0.25) is 0 Å². The molecule has 0 bridgehead atoms. The van der Waals surface area contributed by atoms with Crippen molar-refractivity contribution in [2.24, 2.45) is 5.73 Å². The quantitative estimate of drug-likeness (QED) is 0.830. The van der Waals surface area contributed by atoms with Gasteiger partial charge in [0.15, 0.2) is 0 Å². The maximum atomic E-state index is 12.6. The summed E-state index contributed by atoms with van der Waals surface area (Å²) in [5, 5.41) is 0.678. The summed E-state index contributed by atoms with van der Waals surface area (Å²) in [5.74, 6) is 0. The molecule has 0 unspecified atom stereocenters. The first-order chi connectivity index (χ1) is 8.50. The van der Waals surface area contributed by atoms with E-state index in [9.17, 15) is 13.2 Å². The maximum Gasteiger partial charge on any atom is 0.425 e. The van der Waals surface area contributed by atoms with Crippen LogP contribution in [0, 0.1) is 0 Å². The number of alkyl halides is 3. The largest absolute Gasteiger partial charge is 0.425 e. The summed E-state index contributed by atoms with van der Waals surface area (Å²) in [6.07, 6.45) is -1.47. The number of thiophene rings is 1. The Morgan fingerprint density at radius 2 is 1.89 bits per heavy atom. The van der Waals surface area contributed by atoms with Crippen LogP contribution >= 0.6 is 11.3 Å². The summed E-state index contributed by atoms with van der Waals surface area (Å²) in [5.41, 5.74) is 6.48. The van der Waals surface area contributed by atoms with Crippen LogP contribution in [0.5, 0.6) is 0 Å². The van der Waals surface area contributed by atoms with Crippen molar-refractivity contribution in [3.8, 4) is 0 Å². The van der Waals surface area contributed by atoms with Crippen LogP contribution in [-0.4, -0.2) is 6.54 Å². The van der Waals surface area contributed by atoms with Gasteiger partial charge in [-0.05, 0) is 48.9 Å². The number of hydrogen-bond acceptors (Lipinski definition) is 2. The Kier molecular flexibility index (Phi) is 3.92. The molecule has 0 spiro atoms. The van der Waals surface area contributed by atoms with Crippen molar-refractivity contribution >= 4 is 21.4 Å². The fourth-order valence-corrected chi connectivity index (χ4v) is 2.77. The molecule has 98 valence electrons. The first-order valence-corrected chi connectivity index (χ1v) is 6.62. The van der Waals surface area contributed by atoms with Gasteiger partial charge in [-0.25, -0.2) is 0 Å². The molecule has 1 nitrogen and oxygen atoms in total. The molecule has 18 heavy (non-hydrogen) atoms. The van der Waals surface area contributed by atoms with E-state index < -0.39 is 11.1 Å². The Balaban J connectivity index is 2.23. The monoisotopic (exact) mass is 273 g/mol. The van der Waals surface area contributed by atoms with Gasteiger partial charge in [-0.1, -0.05) is 12.1 Å². The van der Waals surface area contributed by atoms with Gasteiger partial charge in [0.25, 0.3) is 0 Å². The van der Waals surface area contributed by atoms with Crippen molar-refractivity contribution in [2.75, 3.05) is 6.54 Å². The Bertz CT molecular complexity index is 531. The van der Waals surface area contributed by atoms with Crippen molar-refractivity contribution in [1.29, 1.82) is 0 Å². The van der Waals surface area contributed by atoms with Crippen LogP contribution in [0.15, 0.2) is 24.3 Å². The highest BCUT2D eigenvalue weighted by molar-refractivity contribution is 7.19. The predicted molar refractivity (Wildman–Crippen MR) is 68.8 cm³/mol. The molecule has 1 aromatic heterocycles. The van der Waals surface area contributed by atoms with E-state index in [0.717, 1.165) is 36.2 Å². The Morgan fingerprint density at radius 3 is 2.56 bits per heavy atom. The lowest BCUT2D eigenvalue weighted by Crippen LogP contribution is -2.00. The fraction of sp³-hybridized carbons (Fsp3) is 0.385. The highest BCUT2D eigenvalue weighted by atomic mass is 32.1. The van der Waals surface area contributed by atoms with Crippen LogP contribution in [-0.2, 0) is 12.6 Å². The molecular formula is C13H14F3NS. The summed E-state index contributed by atoms with van der Waals surface area (Å²) in [6, 6.07) is 6.74. The van der Waals surface area contributed by atoms with E-state index in [0.29, 0.717) is 16.6 Å². The molecular weight excluding hydrogens is 259 g/mol. The van der Waals surface area contributed by atoms with Crippen LogP contribution in [0.4, 0.5) is 13.2 Å². The number of unbranched alkanes of at least 4 members (excludes halogenated alkanes) is 1. The van der Waals surface area contributed by atoms with Crippen molar-refractivity contribution < 1.29 is 13.2 Å². The zero-order valence-electron chi connectivity index (χ0n) is 9.76. The van der Waals surface area contributed by atoms with E-state index in [4.69, 9.17) is 5.73 Å². The van der Waals surface area contributed by atoms with Crippen molar-refractivity contribution in [3.63, 3.8) is 0 Å². The van der Waals surface area contributed by atoms with E-state index in [1.807, 2.05) is 12.1 Å². The van der Waals surface area contributed by atoms with E-state index in [-0.39, 0.29) is 0 Å². The van der Waals surface area contributed by atoms with E-state index in [1.54, 1.807) is 6.07 Å². The smallest absolute Gasteiger partial charge is 0.330 e. The SMILES string of the molecule is NCCCCc1ccc2sc(C(F)(F)F)cc2c1. The normalized spacial score (nSPS) is 12.2. The van der Waals surface area contributed by atoms with Crippen LogP contribution in [0.3, 0.4) is 0 Å². The molecule has 2 N–H and O–H groups in total. The summed E-state index contributed by atoms with van der Waals surface area (Å²) in [7, 11) is 0. The topological polar surface area (TPSA) is 26.0 Å². The number of rotatable bonds is 4. The number of benzene rings is 1. The molecule has 0 saturated carbocycles. The van der Waals surface area contributed by atoms with Crippen LogP contribution in [0.25, 0.3) is 10.1 Å². The highest BCUT2D eigenvalue weighted by Crippen LogP contribution is 2.38. The lowest BCUT2D eigenvalue weighted by atomic mass is 10.1. The van der Waals surface area contributed by atoms with Gasteiger partial charge in [0.05, 0.1) is 0 Å². The first kappa shape index (κ1) is 13.4. The third-order valence-electron chi connectivity index (χ3n) is 2.78. The van der Waals surface area contributed by atoms with Gasteiger partial charge in [0.1, 0.15) is 4.88 Å². The standard InChI is InChI=1S/C13H14F3NS/c14-13(15,16)12-8-10-7-9(3-1-2-6-17)4-5-11(10)18-12/h4-5,7-8H,1-3,6,17H2. The van der Waals surface area contributed by atoms with Gasteiger partial charge in [0, 0.05) is 4.70 Å². The molecule has 1 aromatic carbocycles. The third-order valence-corrected chi connectivity index (χ3v) is 3.94. The van der Waals surface area contributed by atoms with E-state index >= 15 is 0 Å². The molecule has 0 radical (unpaired) electrons. The average Bonchev–Trinajstić information content (AvgIpc) is 2.72. The Labute approximate surface area is 107 Å². The van der Waals surface area contributed by atoms with Crippen molar-refractivity contribution in [3.05, 3.63) is 34.7 Å². The Hall–Kier alpha value is -1.07. The van der Waals surface area contributed by atoms with Crippen LogP contribution in [0.1, 0.15) is 23.3 Å². The second-order valence-corrected chi connectivity index (χ2v) is 5.31. The zero-order chi connectivity index (χ0) is 13.2. The number of halogens is 3. The molecule has 0 aliphatic heterocycles. The lowest BCUT2D eigenvalue weighted by molar-refractivity contribution is -0.134. The van der Waals surface area contributed by atoms with Gasteiger partial charge in [-0.15, -0.1) is 11.3 Å². The second-order valence-electron chi connectivity index (χ2n) is 4.23. The minimum Gasteiger partial charge on any atom is -0.330 e. The molecule has 0 amide bonds. The Morgan fingerprint density at radius 1 is 1.11 bits per heavy atom. The fourth-order valence-electron chi connectivity index (χ4n) is 1.86. The number of aryl methyl sites for hydroxylation is 1. The molecule has 5 heteroatoms. The number of hydrogen-bond donors (Lipinski definition) is 1. The third kappa shape index (κ3) is 3.03. The van der Waals surface area contributed by atoms with E-state index in [2.05, 4.69) is 0 Å². The van der Waals surface area contributed by atoms with Gasteiger partial charge in [-0.3, -0.25) is 0 Å². The minimum atomic E-state index is -4.25. The van der Waals surface area contributed by atoms with Crippen molar-refractivity contribution in [2.45, 2.75) is 25.4 Å². The summed E-state index contributed by atoms with van der Waals surface area (Å²) in [4.78, 5) is -0.531. The maximum absolute atomic E-state index is 12.6. The molecule has 0 saturated heterocycles. The first-order valence-electron chi connectivity index (χ1n) is 5.80. The number of fused-ring (bicyclic) bond motifs is 1. The lowest BCUT2D eigenvalue weighted by Gasteiger charge is -2.00. The van der Waals surface area contributed by atoms with Gasteiger partial charge in [0.2, 0.25) is 0 Å². The van der Waals surface area contributed by atoms with Crippen LogP contribution < -0.4 is 5.73 Å². The molecule has 2 rings (SSSR count). The number of nitrogens with two attached hydrogens (primary N) is 1.